The largest absolute Gasteiger partial charge is 0.497 e. The molecule has 0 radical (unpaired) electrons. The third-order valence-electron chi connectivity index (χ3n) is 4.94. The molecule has 1 amide bonds. The Kier molecular flexibility index (Phi) is 6.56. The molecule has 1 aliphatic rings. The first-order valence-corrected chi connectivity index (χ1v) is 9.50. The molecule has 1 N–H and O–H groups in total. The van der Waals surface area contributed by atoms with Crippen molar-refractivity contribution in [1.82, 2.24) is 4.90 Å². The van der Waals surface area contributed by atoms with E-state index >= 15 is 0 Å². The summed E-state index contributed by atoms with van der Waals surface area (Å²) in [6, 6.07) is 9.81. The van der Waals surface area contributed by atoms with Gasteiger partial charge in [-0.25, -0.2) is 0 Å². The number of rotatable bonds is 7. The van der Waals surface area contributed by atoms with Crippen molar-refractivity contribution in [3.8, 4) is 11.5 Å². The summed E-state index contributed by atoms with van der Waals surface area (Å²) in [5, 5.41) is 14.1. The zero-order valence-electron chi connectivity index (χ0n) is 16.2. The summed E-state index contributed by atoms with van der Waals surface area (Å²) in [5.41, 5.74) is 0.874. The van der Waals surface area contributed by atoms with E-state index in [-0.39, 0.29) is 34.9 Å². The van der Waals surface area contributed by atoms with Gasteiger partial charge in [0, 0.05) is 28.8 Å². The van der Waals surface area contributed by atoms with Gasteiger partial charge in [-0.2, -0.15) is 0 Å². The number of ether oxygens (including phenoxy) is 2. The standard InChI is InChI=1S/C20H22ClN3O5/c1-28-14-6-7-15(19(11-14)29-2)17-4-3-9-23(17)12-20(25)22-16-8-5-13(21)10-18(16)24(26)27/h5-8,10-11,17H,3-4,9,12H2,1-2H3,(H,22,25)/t17-/m1/s1. The number of nitrogens with zero attached hydrogens (tertiary/aromatic N) is 2. The molecule has 1 atom stereocenters. The summed E-state index contributed by atoms with van der Waals surface area (Å²) in [4.78, 5) is 25.3. The van der Waals surface area contributed by atoms with E-state index in [2.05, 4.69) is 5.32 Å². The summed E-state index contributed by atoms with van der Waals surface area (Å²) in [5.74, 6) is 1.08. The minimum atomic E-state index is -0.567. The monoisotopic (exact) mass is 419 g/mol. The molecule has 1 fully saturated rings. The molecule has 29 heavy (non-hydrogen) atoms. The number of anilines is 1. The molecule has 1 aliphatic heterocycles. The predicted octanol–water partition coefficient (Wildman–Crippen LogP) is 4.04. The number of hydrogen-bond donors (Lipinski definition) is 1. The van der Waals surface area contributed by atoms with E-state index in [1.807, 2.05) is 23.1 Å². The van der Waals surface area contributed by atoms with Gasteiger partial charge in [0.1, 0.15) is 17.2 Å². The van der Waals surface area contributed by atoms with Gasteiger partial charge in [0.05, 0.1) is 25.7 Å². The topological polar surface area (TPSA) is 93.9 Å². The second-order valence-corrected chi connectivity index (χ2v) is 7.14. The number of halogens is 1. The van der Waals surface area contributed by atoms with Crippen molar-refractivity contribution < 1.29 is 19.2 Å². The first kappa shape index (κ1) is 20.9. The molecular weight excluding hydrogens is 398 g/mol. The van der Waals surface area contributed by atoms with Crippen LogP contribution < -0.4 is 14.8 Å². The van der Waals surface area contributed by atoms with Crippen molar-refractivity contribution in [2.24, 2.45) is 0 Å². The number of hydrogen-bond acceptors (Lipinski definition) is 6. The van der Waals surface area contributed by atoms with Crippen LogP contribution in [0.25, 0.3) is 0 Å². The third kappa shape index (κ3) is 4.78. The molecule has 0 bridgehead atoms. The van der Waals surface area contributed by atoms with Crippen LogP contribution in [0.1, 0.15) is 24.4 Å². The molecule has 0 spiro atoms. The molecule has 1 heterocycles. The second kappa shape index (κ2) is 9.11. The second-order valence-electron chi connectivity index (χ2n) is 6.70. The van der Waals surface area contributed by atoms with Gasteiger partial charge in [-0.05, 0) is 37.6 Å². The minimum Gasteiger partial charge on any atom is -0.497 e. The first-order valence-electron chi connectivity index (χ1n) is 9.12. The highest BCUT2D eigenvalue weighted by Gasteiger charge is 2.30. The number of nitro groups is 1. The first-order chi connectivity index (χ1) is 13.9. The summed E-state index contributed by atoms with van der Waals surface area (Å²) in [6.45, 7) is 0.857. The Morgan fingerprint density at radius 1 is 1.28 bits per heavy atom. The van der Waals surface area contributed by atoms with Crippen molar-refractivity contribution in [1.29, 1.82) is 0 Å². The molecule has 9 heteroatoms. The van der Waals surface area contributed by atoms with Gasteiger partial charge in [-0.15, -0.1) is 0 Å². The van der Waals surface area contributed by atoms with E-state index in [0.29, 0.717) is 11.5 Å². The highest BCUT2D eigenvalue weighted by Crippen LogP contribution is 2.38. The lowest BCUT2D eigenvalue weighted by Crippen LogP contribution is -2.33. The number of methoxy groups -OCH3 is 2. The smallest absolute Gasteiger partial charge is 0.294 e. The third-order valence-corrected chi connectivity index (χ3v) is 5.18. The molecule has 2 aromatic rings. The van der Waals surface area contributed by atoms with Crippen LogP contribution in [0.4, 0.5) is 11.4 Å². The van der Waals surface area contributed by atoms with Crippen molar-refractivity contribution in [3.05, 3.63) is 57.1 Å². The number of carbonyl (C=O) groups excluding carboxylic acids is 1. The van der Waals surface area contributed by atoms with Crippen molar-refractivity contribution in [2.45, 2.75) is 18.9 Å². The highest BCUT2D eigenvalue weighted by atomic mass is 35.5. The molecule has 8 nitrogen and oxygen atoms in total. The van der Waals surface area contributed by atoms with Crippen molar-refractivity contribution >= 4 is 28.9 Å². The Morgan fingerprint density at radius 3 is 2.76 bits per heavy atom. The normalized spacial score (nSPS) is 16.4. The average molecular weight is 420 g/mol. The molecule has 2 aromatic carbocycles. The number of nitrogens with one attached hydrogen (secondary N) is 1. The van der Waals surface area contributed by atoms with E-state index in [1.54, 1.807) is 14.2 Å². The van der Waals surface area contributed by atoms with Gasteiger partial charge in [-0.1, -0.05) is 17.7 Å². The molecule has 0 aromatic heterocycles. The Labute approximate surface area is 173 Å². The van der Waals surface area contributed by atoms with Crippen LogP contribution in [-0.2, 0) is 4.79 Å². The molecule has 0 aliphatic carbocycles. The lowest BCUT2D eigenvalue weighted by Gasteiger charge is -2.25. The van der Waals surface area contributed by atoms with Crippen LogP contribution in [0.15, 0.2) is 36.4 Å². The van der Waals surface area contributed by atoms with E-state index in [4.69, 9.17) is 21.1 Å². The SMILES string of the molecule is COc1ccc([C@H]2CCCN2CC(=O)Nc2ccc(Cl)cc2[N+](=O)[O-])c(OC)c1. The van der Waals surface area contributed by atoms with Gasteiger partial charge >= 0.3 is 0 Å². The number of likely N-dealkylation sites (tertiary alicyclic amines) is 1. The maximum atomic E-state index is 12.6. The van der Waals surface area contributed by atoms with Crippen molar-refractivity contribution in [2.75, 3.05) is 32.6 Å². The number of amides is 1. The molecule has 0 unspecified atom stereocenters. The van der Waals surface area contributed by atoms with Crippen LogP contribution in [0.5, 0.6) is 11.5 Å². The molecule has 3 rings (SSSR count). The molecule has 1 saturated heterocycles. The zero-order chi connectivity index (χ0) is 21.0. The average Bonchev–Trinajstić information content (AvgIpc) is 3.16. The Hall–Kier alpha value is -2.84. The van der Waals surface area contributed by atoms with Crippen LogP contribution in [0.2, 0.25) is 5.02 Å². The summed E-state index contributed by atoms with van der Waals surface area (Å²) < 4.78 is 10.8. The Morgan fingerprint density at radius 2 is 2.07 bits per heavy atom. The van der Waals surface area contributed by atoms with Gasteiger partial charge < -0.3 is 14.8 Å². The lowest BCUT2D eigenvalue weighted by atomic mass is 10.0. The van der Waals surface area contributed by atoms with Crippen LogP contribution in [0.3, 0.4) is 0 Å². The molecule has 0 saturated carbocycles. The fourth-order valence-corrected chi connectivity index (χ4v) is 3.76. The fourth-order valence-electron chi connectivity index (χ4n) is 3.60. The minimum absolute atomic E-state index is 0.0156. The summed E-state index contributed by atoms with van der Waals surface area (Å²) in [6.07, 6.45) is 1.82. The quantitative estimate of drug-likeness (QED) is 0.537. The van der Waals surface area contributed by atoms with E-state index < -0.39 is 4.92 Å². The number of benzene rings is 2. The van der Waals surface area contributed by atoms with Gasteiger partial charge in [0.25, 0.3) is 5.69 Å². The van der Waals surface area contributed by atoms with Gasteiger partial charge in [-0.3, -0.25) is 19.8 Å². The molecular formula is C20H22ClN3O5. The Bertz CT molecular complexity index is 921. The maximum absolute atomic E-state index is 12.6. The highest BCUT2D eigenvalue weighted by molar-refractivity contribution is 6.31. The van der Waals surface area contributed by atoms with E-state index in [9.17, 15) is 14.9 Å². The van der Waals surface area contributed by atoms with Crippen LogP contribution in [0, 0.1) is 10.1 Å². The van der Waals surface area contributed by atoms with Gasteiger partial charge in [0.2, 0.25) is 5.91 Å². The Balaban J connectivity index is 1.75. The predicted molar refractivity (Wildman–Crippen MR) is 110 cm³/mol. The molecule has 154 valence electrons. The number of carbonyl (C=O) groups is 1. The van der Waals surface area contributed by atoms with Crippen LogP contribution >= 0.6 is 11.6 Å². The van der Waals surface area contributed by atoms with E-state index in [1.165, 1.54) is 18.2 Å². The maximum Gasteiger partial charge on any atom is 0.294 e. The van der Waals surface area contributed by atoms with Crippen molar-refractivity contribution in [3.63, 3.8) is 0 Å². The zero-order valence-corrected chi connectivity index (χ0v) is 16.9. The fraction of sp³-hybridized carbons (Fsp3) is 0.350. The van der Waals surface area contributed by atoms with E-state index in [0.717, 1.165) is 24.9 Å². The number of nitro benzene ring substituents is 1. The summed E-state index contributed by atoms with van der Waals surface area (Å²) >= 11 is 5.83. The lowest BCUT2D eigenvalue weighted by molar-refractivity contribution is -0.383. The van der Waals surface area contributed by atoms with Gasteiger partial charge in [0.15, 0.2) is 0 Å². The summed E-state index contributed by atoms with van der Waals surface area (Å²) in [7, 11) is 3.19. The van der Waals surface area contributed by atoms with Crippen LogP contribution in [-0.4, -0.2) is 43.0 Å².